The molecule has 2 N–H and O–H groups in total. The van der Waals surface area contributed by atoms with Crippen LogP contribution in [0.15, 0.2) is 5.38 Å². The molecule has 0 saturated carbocycles. The van der Waals surface area contributed by atoms with Crippen molar-refractivity contribution in [2.24, 2.45) is 5.92 Å². The maximum absolute atomic E-state index is 11.7. The van der Waals surface area contributed by atoms with Gasteiger partial charge in [0, 0.05) is 17.8 Å². The van der Waals surface area contributed by atoms with Crippen molar-refractivity contribution >= 4 is 28.3 Å². The van der Waals surface area contributed by atoms with Gasteiger partial charge < -0.3 is 10.6 Å². The quantitative estimate of drug-likeness (QED) is 0.861. The highest BCUT2D eigenvalue weighted by Gasteiger charge is 2.13. The molecule has 1 rings (SSSR count). The van der Waals surface area contributed by atoms with Crippen LogP contribution < -0.4 is 10.6 Å². The van der Waals surface area contributed by atoms with Crippen molar-refractivity contribution in [3.05, 3.63) is 11.1 Å². The number of aromatic nitrogens is 1. The third kappa shape index (κ3) is 4.83. The molecule has 5 nitrogen and oxygen atoms in total. The second-order valence-electron chi connectivity index (χ2n) is 4.81. The third-order valence-electron chi connectivity index (χ3n) is 2.00. The average Bonchev–Trinajstić information content (AvgIpc) is 2.63. The number of hydrogen-bond acceptors (Lipinski definition) is 4. The molecule has 0 saturated heterocycles. The van der Waals surface area contributed by atoms with Gasteiger partial charge >= 0.3 is 0 Å². The molecule has 0 spiro atoms. The molecule has 0 aromatic carbocycles. The molecule has 0 atom stereocenters. The number of rotatable bonds is 5. The predicted octanol–water partition coefficient (Wildman–Crippen LogP) is 2.27. The second-order valence-corrected chi connectivity index (χ2v) is 5.67. The van der Waals surface area contributed by atoms with E-state index in [9.17, 15) is 9.59 Å². The Bertz CT molecular complexity index is 427. The van der Waals surface area contributed by atoms with E-state index in [4.69, 9.17) is 0 Å². The summed E-state index contributed by atoms with van der Waals surface area (Å²) in [6, 6.07) is 0.0678. The van der Waals surface area contributed by atoms with Crippen LogP contribution in [0.25, 0.3) is 0 Å². The standard InChI is InChI=1S/C12H19N3O2S/c1-7(2)5-10(16)15-12-14-9(6-18-12)11(17)13-8(3)4/h6-8H,5H2,1-4H3,(H,13,17)(H,14,15,16). The van der Waals surface area contributed by atoms with E-state index in [1.807, 2.05) is 27.7 Å². The minimum absolute atomic E-state index is 0.0678. The topological polar surface area (TPSA) is 71.1 Å². The van der Waals surface area contributed by atoms with E-state index in [1.165, 1.54) is 11.3 Å². The number of thiazole rings is 1. The zero-order chi connectivity index (χ0) is 13.7. The van der Waals surface area contributed by atoms with Crippen molar-refractivity contribution in [2.75, 3.05) is 5.32 Å². The number of amides is 2. The van der Waals surface area contributed by atoms with Crippen LogP contribution in [-0.2, 0) is 4.79 Å². The summed E-state index contributed by atoms with van der Waals surface area (Å²) in [4.78, 5) is 27.3. The summed E-state index contributed by atoms with van der Waals surface area (Å²) < 4.78 is 0. The lowest BCUT2D eigenvalue weighted by Crippen LogP contribution is -2.30. The van der Waals surface area contributed by atoms with Crippen LogP contribution in [0.1, 0.15) is 44.6 Å². The molecule has 18 heavy (non-hydrogen) atoms. The highest BCUT2D eigenvalue weighted by molar-refractivity contribution is 7.14. The number of anilines is 1. The van der Waals surface area contributed by atoms with E-state index in [2.05, 4.69) is 15.6 Å². The van der Waals surface area contributed by atoms with Gasteiger partial charge in [0.1, 0.15) is 5.69 Å². The van der Waals surface area contributed by atoms with Gasteiger partial charge in [-0.25, -0.2) is 4.98 Å². The summed E-state index contributed by atoms with van der Waals surface area (Å²) in [5.41, 5.74) is 0.341. The molecule has 0 aliphatic rings. The van der Waals surface area contributed by atoms with E-state index in [0.29, 0.717) is 23.2 Å². The maximum atomic E-state index is 11.7. The van der Waals surface area contributed by atoms with Crippen LogP contribution in [0.2, 0.25) is 0 Å². The molecule has 100 valence electrons. The summed E-state index contributed by atoms with van der Waals surface area (Å²) in [7, 11) is 0. The van der Waals surface area contributed by atoms with Crippen LogP contribution in [0.5, 0.6) is 0 Å². The lowest BCUT2D eigenvalue weighted by molar-refractivity contribution is -0.116. The normalized spacial score (nSPS) is 10.8. The van der Waals surface area contributed by atoms with Crippen molar-refractivity contribution in [2.45, 2.75) is 40.2 Å². The average molecular weight is 269 g/mol. The van der Waals surface area contributed by atoms with Crippen molar-refractivity contribution in [3.8, 4) is 0 Å². The zero-order valence-corrected chi connectivity index (χ0v) is 11.9. The molecular formula is C12H19N3O2S. The smallest absolute Gasteiger partial charge is 0.271 e. The Morgan fingerprint density at radius 3 is 2.56 bits per heavy atom. The summed E-state index contributed by atoms with van der Waals surface area (Å²) in [5.74, 6) is 0.00875. The number of nitrogens with one attached hydrogen (secondary N) is 2. The molecule has 0 fully saturated rings. The summed E-state index contributed by atoms with van der Waals surface area (Å²) in [6.07, 6.45) is 0.451. The van der Waals surface area contributed by atoms with Crippen molar-refractivity contribution in [1.29, 1.82) is 0 Å². The fourth-order valence-corrected chi connectivity index (χ4v) is 2.02. The largest absolute Gasteiger partial charge is 0.349 e. The Balaban J connectivity index is 2.58. The first-order valence-corrected chi connectivity index (χ1v) is 6.82. The van der Waals surface area contributed by atoms with Crippen LogP contribution >= 0.6 is 11.3 Å². The zero-order valence-electron chi connectivity index (χ0n) is 11.1. The number of hydrogen-bond donors (Lipinski definition) is 2. The lowest BCUT2D eigenvalue weighted by atomic mass is 10.1. The summed E-state index contributed by atoms with van der Waals surface area (Å²) in [6.45, 7) is 7.72. The van der Waals surface area contributed by atoms with Crippen molar-refractivity contribution in [3.63, 3.8) is 0 Å². The van der Waals surface area contributed by atoms with Crippen LogP contribution in [0.3, 0.4) is 0 Å². The first kappa shape index (κ1) is 14.6. The maximum Gasteiger partial charge on any atom is 0.271 e. The summed E-state index contributed by atoms with van der Waals surface area (Å²) in [5, 5.41) is 7.55. The minimum atomic E-state index is -0.217. The molecule has 6 heteroatoms. The molecular weight excluding hydrogens is 250 g/mol. The molecule has 2 amide bonds. The van der Waals surface area contributed by atoms with Gasteiger partial charge in [-0.05, 0) is 19.8 Å². The molecule has 0 radical (unpaired) electrons. The fourth-order valence-electron chi connectivity index (χ4n) is 1.31. The van der Waals surface area contributed by atoms with Gasteiger partial charge in [-0.3, -0.25) is 9.59 Å². The fraction of sp³-hybridized carbons (Fsp3) is 0.583. The Kier molecular flexibility index (Phi) is 5.27. The van der Waals surface area contributed by atoms with E-state index < -0.39 is 0 Å². The van der Waals surface area contributed by atoms with E-state index in [1.54, 1.807) is 5.38 Å². The SMILES string of the molecule is CC(C)CC(=O)Nc1nc(C(=O)NC(C)C)cs1. The second kappa shape index (κ2) is 6.49. The Hall–Kier alpha value is -1.43. The predicted molar refractivity (Wildman–Crippen MR) is 72.8 cm³/mol. The molecule has 1 aromatic rings. The van der Waals surface area contributed by atoms with Gasteiger partial charge in [-0.2, -0.15) is 0 Å². The van der Waals surface area contributed by atoms with Crippen molar-refractivity contribution in [1.82, 2.24) is 10.3 Å². The van der Waals surface area contributed by atoms with Gasteiger partial charge in [0.05, 0.1) is 0 Å². The Morgan fingerprint density at radius 1 is 1.33 bits per heavy atom. The van der Waals surface area contributed by atoms with Gasteiger partial charge in [0.25, 0.3) is 5.91 Å². The molecule has 0 bridgehead atoms. The molecule has 0 aliphatic heterocycles. The highest BCUT2D eigenvalue weighted by Crippen LogP contribution is 2.16. The van der Waals surface area contributed by atoms with E-state index in [0.717, 1.165) is 0 Å². The first-order valence-electron chi connectivity index (χ1n) is 5.94. The number of nitrogens with zero attached hydrogens (tertiary/aromatic N) is 1. The van der Waals surface area contributed by atoms with Gasteiger partial charge in [0.15, 0.2) is 5.13 Å². The van der Waals surface area contributed by atoms with Crippen LogP contribution in [0, 0.1) is 5.92 Å². The lowest BCUT2D eigenvalue weighted by Gasteiger charge is -2.05. The highest BCUT2D eigenvalue weighted by atomic mass is 32.1. The van der Waals surface area contributed by atoms with E-state index in [-0.39, 0.29) is 17.9 Å². The number of carbonyl (C=O) groups is 2. The van der Waals surface area contributed by atoms with Crippen LogP contribution in [0.4, 0.5) is 5.13 Å². The molecule has 0 unspecified atom stereocenters. The van der Waals surface area contributed by atoms with Gasteiger partial charge in [-0.1, -0.05) is 13.8 Å². The van der Waals surface area contributed by atoms with Crippen molar-refractivity contribution < 1.29 is 9.59 Å². The Labute approximate surface area is 111 Å². The van der Waals surface area contributed by atoms with E-state index >= 15 is 0 Å². The van der Waals surface area contributed by atoms with Gasteiger partial charge in [-0.15, -0.1) is 11.3 Å². The molecule has 1 aromatic heterocycles. The monoisotopic (exact) mass is 269 g/mol. The molecule has 1 heterocycles. The van der Waals surface area contributed by atoms with Crippen LogP contribution in [-0.4, -0.2) is 22.8 Å². The third-order valence-corrected chi connectivity index (χ3v) is 2.75. The first-order chi connectivity index (χ1) is 8.38. The number of carbonyl (C=O) groups excluding carboxylic acids is 2. The minimum Gasteiger partial charge on any atom is -0.349 e. The Morgan fingerprint density at radius 2 is 2.00 bits per heavy atom. The summed E-state index contributed by atoms with van der Waals surface area (Å²) >= 11 is 1.26. The molecule has 0 aliphatic carbocycles. The van der Waals surface area contributed by atoms with Gasteiger partial charge in [0.2, 0.25) is 5.91 Å².